The maximum atomic E-state index is 2.63. The number of nitrogens with zero attached hydrogens (tertiary/aromatic N) is 1. The summed E-state index contributed by atoms with van der Waals surface area (Å²) in [5, 5.41) is 0. The molecule has 1 aliphatic rings. The van der Waals surface area contributed by atoms with Crippen LogP contribution in [0, 0.1) is 17.3 Å². The summed E-state index contributed by atoms with van der Waals surface area (Å²) < 4.78 is 0. The van der Waals surface area contributed by atoms with Crippen LogP contribution in [0.2, 0.25) is 0 Å². The first kappa shape index (κ1) is 12.0. The van der Waals surface area contributed by atoms with E-state index in [0.29, 0.717) is 11.0 Å². The number of rotatable bonds is 0. The van der Waals surface area contributed by atoms with Crippen molar-refractivity contribution in [3.63, 3.8) is 0 Å². The summed E-state index contributed by atoms with van der Waals surface area (Å²) in [5.41, 5.74) is 0.799. The van der Waals surface area contributed by atoms with Crippen molar-refractivity contribution in [3.05, 3.63) is 0 Å². The van der Waals surface area contributed by atoms with Gasteiger partial charge >= 0.3 is 0 Å². The molecule has 0 unspecified atom stereocenters. The lowest BCUT2D eigenvalue weighted by molar-refractivity contribution is 0.148. The van der Waals surface area contributed by atoms with Crippen LogP contribution in [0.5, 0.6) is 0 Å². The zero-order chi connectivity index (χ0) is 11.1. The van der Waals surface area contributed by atoms with E-state index in [1.54, 1.807) is 0 Å². The van der Waals surface area contributed by atoms with Crippen molar-refractivity contribution < 1.29 is 0 Å². The monoisotopic (exact) mass is 197 g/mol. The minimum absolute atomic E-state index is 0.342. The second-order valence-corrected chi connectivity index (χ2v) is 7.03. The van der Waals surface area contributed by atoms with E-state index in [1.807, 2.05) is 0 Å². The van der Waals surface area contributed by atoms with E-state index in [1.165, 1.54) is 13.1 Å². The molecule has 0 aliphatic carbocycles. The molecule has 0 saturated carbocycles. The summed E-state index contributed by atoms with van der Waals surface area (Å²) in [7, 11) is 0. The van der Waals surface area contributed by atoms with Crippen LogP contribution in [0.25, 0.3) is 0 Å². The Bertz CT molecular complexity index is 194. The van der Waals surface area contributed by atoms with E-state index < -0.39 is 0 Å². The highest BCUT2D eigenvalue weighted by Crippen LogP contribution is 2.39. The van der Waals surface area contributed by atoms with Crippen molar-refractivity contribution in [2.24, 2.45) is 17.3 Å². The van der Waals surface area contributed by atoms with Crippen molar-refractivity contribution >= 4 is 0 Å². The van der Waals surface area contributed by atoms with Gasteiger partial charge in [0.25, 0.3) is 0 Å². The Morgan fingerprint density at radius 3 is 1.64 bits per heavy atom. The molecule has 1 heteroatoms. The molecule has 84 valence electrons. The van der Waals surface area contributed by atoms with Gasteiger partial charge in [-0.05, 0) is 38.0 Å². The molecule has 0 bridgehead atoms. The van der Waals surface area contributed by atoms with Crippen molar-refractivity contribution in [2.75, 3.05) is 13.1 Å². The molecule has 1 heterocycles. The number of hydrogen-bond donors (Lipinski definition) is 0. The van der Waals surface area contributed by atoms with Crippen LogP contribution in [0.4, 0.5) is 0 Å². The summed E-state index contributed by atoms with van der Waals surface area (Å²) >= 11 is 0. The normalized spacial score (nSPS) is 31.1. The molecule has 14 heavy (non-hydrogen) atoms. The smallest absolute Gasteiger partial charge is 0.0125 e. The van der Waals surface area contributed by atoms with Crippen LogP contribution in [-0.4, -0.2) is 23.5 Å². The van der Waals surface area contributed by atoms with E-state index in [0.717, 1.165) is 11.8 Å². The lowest BCUT2D eigenvalue weighted by atomic mass is 9.76. The molecule has 0 amide bonds. The molecule has 1 nitrogen and oxygen atoms in total. The van der Waals surface area contributed by atoms with Gasteiger partial charge in [-0.1, -0.05) is 27.7 Å². The third-order valence-corrected chi connectivity index (χ3v) is 3.67. The van der Waals surface area contributed by atoms with Gasteiger partial charge in [-0.25, -0.2) is 0 Å². The Labute approximate surface area is 89.9 Å². The minimum Gasteiger partial charge on any atom is -0.298 e. The van der Waals surface area contributed by atoms with Gasteiger partial charge in [-0.2, -0.15) is 0 Å². The number of likely N-dealkylation sites (tertiary alicyclic amines) is 1. The summed E-state index contributed by atoms with van der Waals surface area (Å²) in [6.07, 6.45) is 0. The van der Waals surface area contributed by atoms with Gasteiger partial charge in [0, 0.05) is 18.6 Å². The molecular weight excluding hydrogens is 170 g/mol. The zero-order valence-corrected chi connectivity index (χ0v) is 11.0. The SMILES string of the molecule is C[C@H]1CN(C(C)(C)C)C[C@@H]1C(C)(C)C. The zero-order valence-electron chi connectivity index (χ0n) is 11.0. The molecule has 1 fully saturated rings. The fourth-order valence-electron chi connectivity index (χ4n) is 2.64. The van der Waals surface area contributed by atoms with E-state index in [2.05, 4.69) is 53.4 Å². The van der Waals surface area contributed by atoms with Crippen LogP contribution < -0.4 is 0 Å². The summed E-state index contributed by atoms with van der Waals surface area (Å²) in [6.45, 7) is 19.0. The first-order valence-electron chi connectivity index (χ1n) is 5.87. The van der Waals surface area contributed by atoms with E-state index in [9.17, 15) is 0 Å². The highest BCUT2D eigenvalue weighted by molar-refractivity contribution is 4.92. The second kappa shape index (κ2) is 3.52. The predicted molar refractivity (Wildman–Crippen MR) is 63.4 cm³/mol. The Morgan fingerprint density at radius 1 is 0.929 bits per heavy atom. The third kappa shape index (κ3) is 2.50. The highest BCUT2D eigenvalue weighted by atomic mass is 15.2. The molecular formula is C13H27N. The maximum Gasteiger partial charge on any atom is 0.0125 e. The Kier molecular flexibility index (Phi) is 3.02. The van der Waals surface area contributed by atoms with Crippen molar-refractivity contribution in [1.29, 1.82) is 0 Å². The van der Waals surface area contributed by atoms with E-state index >= 15 is 0 Å². The maximum absolute atomic E-state index is 2.63. The van der Waals surface area contributed by atoms with Gasteiger partial charge < -0.3 is 0 Å². The Balaban J connectivity index is 2.70. The fourth-order valence-corrected chi connectivity index (χ4v) is 2.64. The van der Waals surface area contributed by atoms with Gasteiger partial charge in [0.05, 0.1) is 0 Å². The molecule has 0 aromatic heterocycles. The lowest BCUT2D eigenvalue weighted by Crippen LogP contribution is -2.40. The first-order valence-corrected chi connectivity index (χ1v) is 5.87. The van der Waals surface area contributed by atoms with Gasteiger partial charge in [0.15, 0.2) is 0 Å². The molecule has 0 spiro atoms. The lowest BCUT2D eigenvalue weighted by Gasteiger charge is -2.34. The number of hydrogen-bond acceptors (Lipinski definition) is 1. The average molecular weight is 197 g/mol. The van der Waals surface area contributed by atoms with Crippen molar-refractivity contribution in [1.82, 2.24) is 4.90 Å². The summed E-state index contributed by atoms with van der Waals surface area (Å²) in [4.78, 5) is 2.63. The Morgan fingerprint density at radius 2 is 1.43 bits per heavy atom. The van der Waals surface area contributed by atoms with Crippen LogP contribution in [-0.2, 0) is 0 Å². The molecule has 1 aliphatic heterocycles. The summed E-state index contributed by atoms with van der Waals surface area (Å²) in [5.74, 6) is 1.69. The van der Waals surface area contributed by atoms with Crippen LogP contribution in [0.1, 0.15) is 48.5 Å². The van der Waals surface area contributed by atoms with Gasteiger partial charge in [0.2, 0.25) is 0 Å². The van der Waals surface area contributed by atoms with E-state index in [-0.39, 0.29) is 0 Å². The van der Waals surface area contributed by atoms with Gasteiger partial charge in [-0.15, -0.1) is 0 Å². The average Bonchev–Trinajstić information content (AvgIpc) is 2.27. The molecule has 0 aromatic carbocycles. The van der Waals surface area contributed by atoms with Crippen LogP contribution >= 0.6 is 0 Å². The second-order valence-electron chi connectivity index (χ2n) is 7.03. The molecule has 1 rings (SSSR count). The van der Waals surface area contributed by atoms with Crippen molar-refractivity contribution in [3.8, 4) is 0 Å². The van der Waals surface area contributed by atoms with Crippen LogP contribution in [0.3, 0.4) is 0 Å². The highest BCUT2D eigenvalue weighted by Gasteiger charge is 2.40. The topological polar surface area (TPSA) is 3.24 Å². The molecule has 2 atom stereocenters. The summed E-state index contributed by atoms with van der Waals surface area (Å²) in [6, 6.07) is 0. The van der Waals surface area contributed by atoms with Gasteiger partial charge in [-0.3, -0.25) is 4.90 Å². The largest absolute Gasteiger partial charge is 0.298 e. The third-order valence-electron chi connectivity index (χ3n) is 3.67. The predicted octanol–water partition coefficient (Wildman–Crippen LogP) is 3.40. The molecule has 0 aromatic rings. The standard InChI is InChI=1S/C13H27N/c1-10-8-14(13(5,6)7)9-11(10)12(2,3)4/h10-11H,8-9H2,1-7H3/t10-,11-/m0/s1. The quantitative estimate of drug-likeness (QED) is 0.575. The molecule has 0 N–H and O–H groups in total. The molecule has 1 saturated heterocycles. The fraction of sp³-hybridized carbons (Fsp3) is 1.00. The van der Waals surface area contributed by atoms with Crippen LogP contribution in [0.15, 0.2) is 0 Å². The first-order chi connectivity index (χ1) is 6.12. The Hall–Kier alpha value is -0.0400. The van der Waals surface area contributed by atoms with E-state index in [4.69, 9.17) is 0 Å². The van der Waals surface area contributed by atoms with Crippen molar-refractivity contribution in [2.45, 2.75) is 54.0 Å². The molecule has 0 radical (unpaired) electrons. The minimum atomic E-state index is 0.342. The van der Waals surface area contributed by atoms with Gasteiger partial charge in [0.1, 0.15) is 0 Å².